The summed E-state index contributed by atoms with van der Waals surface area (Å²) >= 11 is 0. The molecular formula is C11H11ClN2O6S. The van der Waals surface area contributed by atoms with E-state index in [4.69, 9.17) is 15.4 Å². The van der Waals surface area contributed by atoms with Crippen molar-refractivity contribution in [2.45, 2.75) is 17.4 Å². The number of hydrogen-bond acceptors (Lipinski definition) is 6. The molecule has 0 aliphatic carbocycles. The molecule has 0 bridgehead atoms. The third kappa shape index (κ3) is 3.90. The first-order chi connectivity index (χ1) is 9.77. The highest BCUT2D eigenvalue weighted by Gasteiger charge is 2.23. The Balaban J connectivity index is 2.35. The van der Waals surface area contributed by atoms with Gasteiger partial charge in [0.15, 0.2) is 0 Å². The minimum atomic E-state index is -4.18. The second kappa shape index (κ2) is 5.96. The average molecular weight is 335 g/mol. The summed E-state index contributed by atoms with van der Waals surface area (Å²) in [6.45, 7) is 0.864. The molecule has 0 spiro atoms. The van der Waals surface area contributed by atoms with E-state index in [0.29, 0.717) is 19.6 Å². The monoisotopic (exact) mass is 334 g/mol. The molecule has 1 fully saturated rings. The second-order valence-corrected chi connectivity index (χ2v) is 7.01. The fraction of sp³-hybridized carbons (Fsp3) is 0.364. The van der Waals surface area contributed by atoms with E-state index in [9.17, 15) is 23.3 Å². The summed E-state index contributed by atoms with van der Waals surface area (Å²) in [7, 11) is 1.00. The van der Waals surface area contributed by atoms with Crippen LogP contribution in [0.4, 0.5) is 5.69 Å². The molecule has 1 unspecified atom stereocenters. The van der Waals surface area contributed by atoms with Crippen molar-refractivity contribution in [3.8, 4) is 0 Å². The summed E-state index contributed by atoms with van der Waals surface area (Å²) in [5.74, 6) is -0.615. The fourth-order valence-electron chi connectivity index (χ4n) is 1.88. The number of nitrogens with zero attached hydrogens (tertiary/aromatic N) is 1. The van der Waals surface area contributed by atoms with Crippen LogP contribution in [-0.4, -0.2) is 38.5 Å². The SMILES string of the molecule is O=C(NC1CCOC1)c1cc([N+](=O)[O-])cc(S(=O)(=O)Cl)c1. The number of nitro benzene ring substituents is 1. The summed E-state index contributed by atoms with van der Waals surface area (Å²) in [4.78, 5) is 21.6. The van der Waals surface area contributed by atoms with Crippen molar-refractivity contribution in [1.82, 2.24) is 5.32 Å². The lowest BCUT2D eigenvalue weighted by Crippen LogP contribution is -2.35. The number of amides is 1. The van der Waals surface area contributed by atoms with Gasteiger partial charge in [-0.05, 0) is 12.5 Å². The highest BCUT2D eigenvalue weighted by atomic mass is 35.7. The predicted molar refractivity (Wildman–Crippen MR) is 72.8 cm³/mol. The van der Waals surface area contributed by atoms with E-state index in [1.54, 1.807) is 0 Å². The summed E-state index contributed by atoms with van der Waals surface area (Å²) in [5.41, 5.74) is -0.667. The van der Waals surface area contributed by atoms with E-state index in [2.05, 4.69) is 5.32 Å². The van der Waals surface area contributed by atoms with Gasteiger partial charge in [0.05, 0.1) is 22.5 Å². The molecule has 10 heteroatoms. The largest absolute Gasteiger partial charge is 0.379 e. The normalized spacial score (nSPS) is 18.4. The lowest BCUT2D eigenvalue weighted by Gasteiger charge is -2.11. The number of non-ortho nitro benzene ring substituents is 1. The van der Waals surface area contributed by atoms with Gasteiger partial charge in [-0.3, -0.25) is 14.9 Å². The molecule has 1 atom stereocenters. The van der Waals surface area contributed by atoms with Gasteiger partial charge in [0.25, 0.3) is 20.6 Å². The van der Waals surface area contributed by atoms with E-state index in [-0.39, 0.29) is 11.6 Å². The van der Waals surface area contributed by atoms with Crippen LogP contribution in [-0.2, 0) is 13.8 Å². The van der Waals surface area contributed by atoms with Crippen LogP contribution in [0.5, 0.6) is 0 Å². The van der Waals surface area contributed by atoms with Gasteiger partial charge in [-0.1, -0.05) is 0 Å². The van der Waals surface area contributed by atoms with Gasteiger partial charge < -0.3 is 10.1 Å². The van der Waals surface area contributed by atoms with Crippen molar-refractivity contribution in [3.05, 3.63) is 33.9 Å². The van der Waals surface area contributed by atoms with Crippen LogP contribution in [0.2, 0.25) is 0 Å². The van der Waals surface area contributed by atoms with E-state index >= 15 is 0 Å². The highest BCUT2D eigenvalue weighted by molar-refractivity contribution is 8.13. The highest BCUT2D eigenvalue weighted by Crippen LogP contribution is 2.23. The number of nitrogens with one attached hydrogen (secondary N) is 1. The zero-order valence-corrected chi connectivity index (χ0v) is 12.2. The fourth-order valence-corrected chi connectivity index (χ4v) is 2.67. The van der Waals surface area contributed by atoms with Gasteiger partial charge in [-0.25, -0.2) is 8.42 Å². The number of nitro groups is 1. The molecule has 0 saturated carbocycles. The van der Waals surface area contributed by atoms with Crippen molar-refractivity contribution < 1.29 is 22.9 Å². The van der Waals surface area contributed by atoms with Gasteiger partial charge in [-0.2, -0.15) is 0 Å². The number of carbonyl (C=O) groups is 1. The molecule has 8 nitrogen and oxygen atoms in total. The molecule has 1 N–H and O–H groups in total. The Morgan fingerprint density at radius 1 is 1.43 bits per heavy atom. The Hall–Kier alpha value is -1.71. The van der Waals surface area contributed by atoms with Crippen LogP contribution in [0.3, 0.4) is 0 Å². The summed E-state index contributed by atoms with van der Waals surface area (Å²) in [6.07, 6.45) is 0.626. The molecular weight excluding hydrogens is 324 g/mol. The lowest BCUT2D eigenvalue weighted by atomic mass is 10.1. The zero-order valence-electron chi connectivity index (χ0n) is 10.6. The van der Waals surface area contributed by atoms with Crippen molar-refractivity contribution >= 4 is 31.3 Å². The number of carbonyl (C=O) groups excluding carboxylic acids is 1. The zero-order chi connectivity index (χ0) is 15.6. The molecule has 1 aliphatic rings. The minimum Gasteiger partial charge on any atom is -0.379 e. The van der Waals surface area contributed by atoms with Gasteiger partial charge in [0, 0.05) is 35.0 Å². The predicted octanol–water partition coefficient (Wildman–Crippen LogP) is 1.04. The molecule has 21 heavy (non-hydrogen) atoms. The number of rotatable bonds is 4. The van der Waals surface area contributed by atoms with Gasteiger partial charge in [0.2, 0.25) is 0 Å². The summed E-state index contributed by atoms with van der Waals surface area (Å²) in [5, 5.41) is 13.4. The first kappa shape index (κ1) is 15.7. The van der Waals surface area contributed by atoms with Gasteiger partial charge in [0.1, 0.15) is 0 Å². The van der Waals surface area contributed by atoms with E-state index in [1.807, 2.05) is 0 Å². The quantitative estimate of drug-likeness (QED) is 0.499. The molecule has 1 aliphatic heterocycles. The van der Waals surface area contributed by atoms with Crippen molar-refractivity contribution in [3.63, 3.8) is 0 Å². The van der Waals surface area contributed by atoms with Gasteiger partial charge in [-0.15, -0.1) is 0 Å². The average Bonchev–Trinajstić information content (AvgIpc) is 2.90. The smallest absolute Gasteiger partial charge is 0.271 e. The third-order valence-corrected chi connectivity index (χ3v) is 4.24. The van der Waals surface area contributed by atoms with E-state index in [0.717, 1.165) is 18.2 Å². The topological polar surface area (TPSA) is 116 Å². The maximum Gasteiger partial charge on any atom is 0.271 e. The molecule has 2 rings (SSSR count). The van der Waals surface area contributed by atoms with Crippen LogP contribution in [0.25, 0.3) is 0 Å². The Morgan fingerprint density at radius 3 is 2.67 bits per heavy atom. The molecule has 1 heterocycles. The number of hydrogen-bond donors (Lipinski definition) is 1. The third-order valence-electron chi connectivity index (χ3n) is 2.91. The molecule has 1 aromatic rings. The van der Waals surface area contributed by atoms with Crippen molar-refractivity contribution in [1.29, 1.82) is 0 Å². The molecule has 0 aromatic heterocycles. The number of benzene rings is 1. The summed E-state index contributed by atoms with van der Waals surface area (Å²) < 4.78 is 27.7. The maximum absolute atomic E-state index is 12.0. The summed E-state index contributed by atoms with van der Waals surface area (Å²) in [6, 6.07) is 2.60. The first-order valence-electron chi connectivity index (χ1n) is 5.90. The van der Waals surface area contributed by atoms with Crippen LogP contribution in [0.1, 0.15) is 16.8 Å². The molecule has 1 saturated heterocycles. The molecule has 0 radical (unpaired) electrons. The Bertz CT molecular complexity index is 684. The van der Waals surface area contributed by atoms with E-state index in [1.165, 1.54) is 0 Å². The molecule has 1 amide bonds. The van der Waals surface area contributed by atoms with Crippen molar-refractivity contribution in [2.24, 2.45) is 0 Å². The van der Waals surface area contributed by atoms with Gasteiger partial charge >= 0.3 is 0 Å². The van der Waals surface area contributed by atoms with Crippen LogP contribution >= 0.6 is 10.7 Å². The maximum atomic E-state index is 12.0. The number of halogens is 1. The van der Waals surface area contributed by atoms with Crippen molar-refractivity contribution in [2.75, 3.05) is 13.2 Å². The van der Waals surface area contributed by atoms with Crippen LogP contribution in [0, 0.1) is 10.1 Å². The molecule has 114 valence electrons. The van der Waals surface area contributed by atoms with Crippen LogP contribution < -0.4 is 5.32 Å². The van der Waals surface area contributed by atoms with E-state index < -0.39 is 30.5 Å². The standard InChI is InChI=1S/C11H11ClN2O6S/c12-21(18,19)10-4-7(3-9(5-10)14(16)17)11(15)13-8-1-2-20-6-8/h3-5,8H,1-2,6H2,(H,13,15). The lowest BCUT2D eigenvalue weighted by molar-refractivity contribution is -0.385. The Morgan fingerprint density at radius 2 is 2.14 bits per heavy atom. The Labute approximate surface area is 124 Å². The second-order valence-electron chi connectivity index (χ2n) is 4.44. The number of ether oxygens (including phenoxy) is 1. The minimum absolute atomic E-state index is 0.143. The first-order valence-corrected chi connectivity index (χ1v) is 8.21. The molecule has 1 aromatic carbocycles. The van der Waals surface area contributed by atoms with Crippen LogP contribution in [0.15, 0.2) is 23.1 Å². The Kier molecular flexibility index (Phi) is 4.45.